The summed E-state index contributed by atoms with van der Waals surface area (Å²) in [6.07, 6.45) is 1.21. The first-order valence-corrected chi connectivity index (χ1v) is 7.30. The molecule has 1 aliphatic heterocycles. The Balaban J connectivity index is 1.74. The third-order valence-corrected chi connectivity index (χ3v) is 3.83. The van der Waals surface area contributed by atoms with Crippen molar-refractivity contribution in [3.63, 3.8) is 0 Å². The number of rotatable bonds is 5. The zero-order valence-corrected chi connectivity index (χ0v) is 13.1. The minimum Gasteiger partial charge on any atom is -0.471 e. The van der Waals surface area contributed by atoms with Gasteiger partial charge in [0, 0.05) is 0 Å². The number of para-hydroxylation sites is 2. The Morgan fingerprint density at radius 3 is 2.91 bits per heavy atom. The highest BCUT2D eigenvalue weighted by Crippen LogP contribution is 2.34. The molecule has 1 N–H and O–H groups in total. The van der Waals surface area contributed by atoms with Gasteiger partial charge in [0.05, 0.1) is 24.4 Å². The Morgan fingerprint density at radius 2 is 2.22 bits per heavy atom. The lowest BCUT2D eigenvalue weighted by Crippen LogP contribution is -2.43. The zero-order valence-electron chi connectivity index (χ0n) is 12.3. The average Bonchev–Trinajstić information content (AvgIpc) is 3.03. The molecule has 2 heterocycles. The zero-order chi connectivity index (χ0) is 16.6. The molecular formula is C14H15ClN4O4. The van der Waals surface area contributed by atoms with E-state index in [0.717, 1.165) is 11.4 Å². The molecule has 1 unspecified atom stereocenters. The van der Waals surface area contributed by atoms with Crippen LogP contribution in [-0.4, -0.2) is 38.5 Å². The monoisotopic (exact) mass is 338 g/mol. The van der Waals surface area contributed by atoms with Crippen LogP contribution in [0.3, 0.4) is 0 Å². The first-order valence-electron chi connectivity index (χ1n) is 6.92. The van der Waals surface area contributed by atoms with E-state index >= 15 is 0 Å². The molecule has 1 aromatic heterocycles. The first kappa shape index (κ1) is 15.6. The summed E-state index contributed by atoms with van der Waals surface area (Å²) in [5, 5.41) is 21.4. The van der Waals surface area contributed by atoms with Gasteiger partial charge in [-0.15, -0.1) is 0 Å². The predicted octanol–water partition coefficient (Wildman–Crippen LogP) is 2.05. The molecule has 122 valence electrons. The number of ether oxygens (including phenoxy) is 1. The lowest BCUT2D eigenvalue weighted by atomic mass is 10.1. The van der Waals surface area contributed by atoms with Crippen LogP contribution in [0.1, 0.15) is 6.92 Å². The van der Waals surface area contributed by atoms with Gasteiger partial charge in [-0.05, 0) is 40.6 Å². The van der Waals surface area contributed by atoms with E-state index in [-0.39, 0.29) is 24.2 Å². The van der Waals surface area contributed by atoms with Crippen molar-refractivity contribution in [2.75, 3.05) is 18.2 Å². The summed E-state index contributed by atoms with van der Waals surface area (Å²) in [6.45, 7) is 2.33. The van der Waals surface area contributed by atoms with Crippen LogP contribution in [-0.2, 0) is 6.54 Å². The van der Waals surface area contributed by atoms with Crippen molar-refractivity contribution in [3.8, 4) is 5.75 Å². The molecule has 0 saturated heterocycles. The normalized spacial score (nSPS) is 15.9. The van der Waals surface area contributed by atoms with Crippen molar-refractivity contribution < 1.29 is 14.8 Å². The SMILES string of the molecule is CC(O)(CN1COc2ccccc21)Cn1cc([N+](=O)[O-])nc1Cl. The molecule has 0 fully saturated rings. The van der Waals surface area contributed by atoms with Crippen LogP contribution >= 0.6 is 11.6 Å². The Labute approximate surface area is 137 Å². The third-order valence-electron chi connectivity index (χ3n) is 3.53. The molecule has 0 spiro atoms. The highest BCUT2D eigenvalue weighted by molar-refractivity contribution is 6.28. The predicted molar refractivity (Wildman–Crippen MR) is 83.8 cm³/mol. The molecule has 0 aliphatic carbocycles. The van der Waals surface area contributed by atoms with Crippen molar-refractivity contribution in [1.82, 2.24) is 9.55 Å². The molecule has 23 heavy (non-hydrogen) atoms. The lowest BCUT2D eigenvalue weighted by molar-refractivity contribution is -0.389. The molecule has 0 saturated carbocycles. The third kappa shape index (κ3) is 3.22. The Bertz CT molecular complexity index is 746. The number of β-amino-alcohol motifs (C(OH)–C–C–N with tert-alkyl or cyclic N) is 1. The first-order chi connectivity index (χ1) is 10.9. The van der Waals surface area contributed by atoms with E-state index in [9.17, 15) is 15.2 Å². The molecule has 0 amide bonds. The quantitative estimate of drug-likeness (QED) is 0.662. The smallest absolute Gasteiger partial charge is 0.383 e. The van der Waals surface area contributed by atoms with Gasteiger partial charge in [0.1, 0.15) is 11.9 Å². The van der Waals surface area contributed by atoms with Gasteiger partial charge < -0.3 is 24.9 Å². The van der Waals surface area contributed by atoms with Crippen LogP contribution in [0.25, 0.3) is 0 Å². The Kier molecular flexibility index (Phi) is 3.87. The summed E-state index contributed by atoms with van der Waals surface area (Å²) in [4.78, 5) is 15.6. The summed E-state index contributed by atoms with van der Waals surface area (Å²) in [5.41, 5.74) is -0.283. The summed E-state index contributed by atoms with van der Waals surface area (Å²) >= 11 is 5.89. The number of nitro groups is 1. The minimum atomic E-state index is -1.18. The second kappa shape index (κ2) is 5.71. The van der Waals surface area contributed by atoms with Gasteiger partial charge in [0.25, 0.3) is 0 Å². The average molecular weight is 339 g/mol. The summed E-state index contributed by atoms with van der Waals surface area (Å²) in [6, 6.07) is 7.55. The van der Waals surface area contributed by atoms with Crippen molar-refractivity contribution in [3.05, 3.63) is 45.9 Å². The van der Waals surface area contributed by atoms with Crippen LogP contribution in [0.5, 0.6) is 5.75 Å². The molecule has 1 aromatic carbocycles. The number of imidazole rings is 1. The fraction of sp³-hybridized carbons (Fsp3) is 0.357. The fourth-order valence-electron chi connectivity index (χ4n) is 2.60. The highest BCUT2D eigenvalue weighted by Gasteiger charge is 2.31. The molecular weight excluding hydrogens is 324 g/mol. The summed E-state index contributed by atoms with van der Waals surface area (Å²) < 4.78 is 6.91. The van der Waals surface area contributed by atoms with Crippen molar-refractivity contribution in [1.29, 1.82) is 0 Å². The van der Waals surface area contributed by atoms with E-state index in [1.807, 2.05) is 29.2 Å². The van der Waals surface area contributed by atoms with Crippen LogP contribution in [0.2, 0.25) is 5.28 Å². The lowest BCUT2D eigenvalue weighted by Gasteiger charge is -2.29. The van der Waals surface area contributed by atoms with Gasteiger partial charge in [-0.3, -0.25) is 4.57 Å². The molecule has 9 heteroatoms. The van der Waals surface area contributed by atoms with Crippen LogP contribution in [0, 0.1) is 10.1 Å². The maximum atomic E-state index is 10.7. The second-order valence-corrected chi connectivity index (χ2v) is 6.03. The largest absolute Gasteiger partial charge is 0.471 e. The van der Waals surface area contributed by atoms with E-state index in [1.54, 1.807) is 6.92 Å². The number of halogens is 1. The van der Waals surface area contributed by atoms with Crippen molar-refractivity contribution >= 4 is 23.1 Å². The topological polar surface area (TPSA) is 93.7 Å². The number of hydrogen-bond donors (Lipinski definition) is 1. The van der Waals surface area contributed by atoms with Gasteiger partial charge in [-0.2, -0.15) is 0 Å². The van der Waals surface area contributed by atoms with Crippen LogP contribution < -0.4 is 9.64 Å². The van der Waals surface area contributed by atoms with E-state index in [4.69, 9.17) is 16.3 Å². The van der Waals surface area contributed by atoms with Gasteiger partial charge in [0.2, 0.25) is 0 Å². The van der Waals surface area contributed by atoms with E-state index in [2.05, 4.69) is 4.98 Å². The molecule has 1 atom stereocenters. The molecule has 8 nitrogen and oxygen atoms in total. The van der Waals surface area contributed by atoms with Gasteiger partial charge in [0.15, 0.2) is 6.73 Å². The molecule has 3 rings (SSSR count). The van der Waals surface area contributed by atoms with Crippen molar-refractivity contribution in [2.45, 2.75) is 19.1 Å². The van der Waals surface area contributed by atoms with E-state index < -0.39 is 10.5 Å². The number of aromatic nitrogens is 2. The number of nitrogens with zero attached hydrogens (tertiary/aromatic N) is 4. The summed E-state index contributed by atoms with van der Waals surface area (Å²) in [7, 11) is 0. The second-order valence-electron chi connectivity index (χ2n) is 5.69. The summed E-state index contributed by atoms with van der Waals surface area (Å²) in [5.74, 6) is 0.417. The minimum absolute atomic E-state index is 0.0324. The van der Waals surface area contributed by atoms with E-state index in [1.165, 1.54) is 10.8 Å². The van der Waals surface area contributed by atoms with Gasteiger partial charge in [-0.1, -0.05) is 12.1 Å². The van der Waals surface area contributed by atoms with E-state index in [0.29, 0.717) is 6.73 Å². The maximum Gasteiger partial charge on any atom is 0.383 e. The number of benzene rings is 1. The van der Waals surface area contributed by atoms with Crippen LogP contribution in [0.15, 0.2) is 30.5 Å². The fourth-order valence-corrected chi connectivity index (χ4v) is 2.79. The van der Waals surface area contributed by atoms with Gasteiger partial charge >= 0.3 is 11.1 Å². The number of aliphatic hydroxyl groups is 1. The Morgan fingerprint density at radius 1 is 1.48 bits per heavy atom. The highest BCUT2D eigenvalue weighted by atomic mass is 35.5. The molecule has 2 aromatic rings. The Hall–Kier alpha value is -2.32. The van der Waals surface area contributed by atoms with Gasteiger partial charge in [-0.25, -0.2) is 0 Å². The molecule has 1 aliphatic rings. The molecule has 0 radical (unpaired) electrons. The molecule has 0 bridgehead atoms. The number of anilines is 1. The number of hydrogen-bond acceptors (Lipinski definition) is 6. The van der Waals surface area contributed by atoms with Crippen LogP contribution in [0.4, 0.5) is 11.5 Å². The number of fused-ring (bicyclic) bond motifs is 1. The van der Waals surface area contributed by atoms with Crippen molar-refractivity contribution in [2.24, 2.45) is 0 Å². The standard InChI is InChI=1S/C14H15ClN4O4/c1-14(20,7-17-6-12(19(21)22)16-13(17)15)8-18-9-23-11-5-3-2-4-10(11)18/h2-6,20H,7-9H2,1H3. The maximum absolute atomic E-state index is 10.7.